The summed E-state index contributed by atoms with van der Waals surface area (Å²) < 4.78 is 11.5. The Bertz CT molecular complexity index is 258. The molecular formula is C12H20O4. The Morgan fingerprint density at radius 3 is 2.19 bits per heavy atom. The van der Waals surface area contributed by atoms with Crippen molar-refractivity contribution >= 4 is 5.97 Å². The molecule has 0 unspecified atom stereocenters. The fourth-order valence-electron chi connectivity index (χ4n) is 2.48. The molecule has 16 heavy (non-hydrogen) atoms. The normalized spacial score (nSPS) is 27.8. The predicted octanol–water partition coefficient (Wildman–Crippen LogP) is 2.17. The molecule has 0 radical (unpaired) electrons. The fraction of sp³-hybridized carbons (Fsp3) is 0.917. The van der Waals surface area contributed by atoms with Crippen LogP contribution in [0.25, 0.3) is 0 Å². The summed E-state index contributed by atoms with van der Waals surface area (Å²) in [6.07, 6.45) is 5.84. The van der Waals surface area contributed by atoms with Gasteiger partial charge in [0.2, 0.25) is 0 Å². The van der Waals surface area contributed by atoms with E-state index in [2.05, 4.69) is 0 Å². The van der Waals surface area contributed by atoms with E-state index in [0.29, 0.717) is 19.6 Å². The van der Waals surface area contributed by atoms with Gasteiger partial charge in [-0.1, -0.05) is 13.3 Å². The lowest BCUT2D eigenvalue weighted by atomic mass is 9.84. The van der Waals surface area contributed by atoms with Crippen molar-refractivity contribution in [3.05, 3.63) is 0 Å². The van der Waals surface area contributed by atoms with Crippen LogP contribution in [0.15, 0.2) is 0 Å². The largest absolute Gasteiger partial charge is 0.481 e. The van der Waals surface area contributed by atoms with Gasteiger partial charge in [0.05, 0.1) is 13.2 Å². The lowest BCUT2D eigenvalue weighted by molar-refractivity contribution is -0.312. The second kappa shape index (κ2) is 4.34. The van der Waals surface area contributed by atoms with Crippen LogP contribution in [0.5, 0.6) is 0 Å². The standard InChI is InChI=1S/C12H20O4/c1-2-11(10(13)14)8-15-12(16-9-11)6-4-3-5-7-12/h2-9H2,1H3,(H,13,14). The van der Waals surface area contributed by atoms with Gasteiger partial charge in [-0.3, -0.25) is 4.79 Å². The SMILES string of the molecule is CCC1(C(=O)O)COC2(CCCCC2)OC1. The summed E-state index contributed by atoms with van der Waals surface area (Å²) in [4.78, 5) is 11.2. The topological polar surface area (TPSA) is 55.8 Å². The van der Waals surface area contributed by atoms with E-state index in [0.717, 1.165) is 25.7 Å². The molecule has 1 heterocycles. The first-order valence-electron chi connectivity index (χ1n) is 6.14. The van der Waals surface area contributed by atoms with Gasteiger partial charge in [-0.25, -0.2) is 0 Å². The molecule has 92 valence electrons. The molecule has 2 rings (SSSR count). The van der Waals surface area contributed by atoms with Crippen molar-refractivity contribution < 1.29 is 19.4 Å². The summed E-state index contributed by atoms with van der Waals surface area (Å²) in [7, 11) is 0. The van der Waals surface area contributed by atoms with E-state index >= 15 is 0 Å². The summed E-state index contributed by atoms with van der Waals surface area (Å²) >= 11 is 0. The highest BCUT2D eigenvalue weighted by Crippen LogP contribution is 2.40. The molecule has 1 spiro atoms. The smallest absolute Gasteiger partial charge is 0.314 e. The van der Waals surface area contributed by atoms with Crippen LogP contribution < -0.4 is 0 Å². The molecule has 0 atom stereocenters. The van der Waals surface area contributed by atoms with Crippen molar-refractivity contribution in [1.29, 1.82) is 0 Å². The molecule has 0 aromatic rings. The molecule has 2 fully saturated rings. The Labute approximate surface area is 95.9 Å². The van der Waals surface area contributed by atoms with E-state index in [9.17, 15) is 9.90 Å². The highest BCUT2D eigenvalue weighted by Gasteiger charge is 2.48. The molecule has 1 saturated heterocycles. The second-order valence-electron chi connectivity index (χ2n) is 4.99. The molecule has 0 amide bonds. The lowest BCUT2D eigenvalue weighted by Gasteiger charge is -2.45. The van der Waals surface area contributed by atoms with Gasteiger partial charge in [0.1, 0.15) is 5.41 Å². The van der Waals surface area contributed by atoms with E-state index in [-0.39, 0.29) is 0 Å². The molecule has 4 nitrogen and oxygen atoms in total. The first-order valence-corrected chi connectivity index (χ1v) is 6.14. The highest BCUT2D eigenvalue weighted by atomic mass is 16.7. The Morgan fingerprint density at radius 1 is 1.19 bits per heavy atom. The molecular weight excluding hydrogens is 208 g/mol. The first kappa shape index (κ1) is 11.9. The molecule has 0 aromatic carbocycles. The van der Waals surface area contributed by atoms with E-state index in [4.69, 9.17) is 9.47 Å². The third kappa shape index (κ3) is 1.96. The van der Waals surface area contributed by atoms with Gasteiger partial charge in [0, 0.05) is 12.8 Å². The Hall–Kier alpha value is -0.610. The van der Waals surface area contributed by atoms with Crippen LogP contribution in [0.1, 0.15) is 45.4 Å². The minimum atomic E-state index is -0.831. The monoisotopic (exact) mass is 228 g/mol. The number of rotatable bonds is 2. The van der Waals surface area contributed by atoms with E-state index < -0.39 is 17.2 Å². The van der Waals surface area contributed by atoms with Crippen LogP contribution in [0, 0.1) is 5.41 Å². The number of hydrogen-bond acceptors (Lipinski definition) is 3. The van der Waals surface area contributed by atoms with Gasteiger partial charge < -0.3 is 14.6 Å². The Kier molecular flexibility index (Phi) is 3.22. The maximum absolute atomic E-state index is 11.2. The third-order valence-corrected chi connectivity index (χ3v) is 3.97. The Morgan fingerprint density at radius 2 is 1.75 bits per heavy atom. The van der Waals surface area contributed by atoms with Crippen molar-refractivity contribution in [2.24, 2.45) is 5.41 Å². The Balaban J connectivity index is 2.02. The molecule has 1 aliphatic heterocycles. The van der Waals surface area contributed by atoms with E-state index in [1.165, 1.54) is 6.42 Å². The van der Waals surface area contributed by atoms with Gasteiger partial charge in [0.25, 0.3) is 0 Å². The number of carbonyl (C=O) groups is 1. The molecule has 1 saturated carbocycles. The minimum Gasteiger partial charge on any atom is -0.481 e. The average Bonchev–Trinajstić information content (AvgIpc) is 2.31. The predicted molar refractivity (Wildman–Crippen MR) is 58.1 cm³/mol. The molecule has 2 aliphatic rings. The molecule has 0 aromatic heterocycles. The number of hydrogen-bond donors (Lipinski definition) is 1. The van der Waals surface area contributed by atoms with Gasteiger partial charge >= 0.3 is 5.97 Å². The fourth-order valence-corrected chi connectivity index (χ4v) is 2.48. The highest BCUT2D eigenvalue weighted by molar-refractivity contribution is 5.75. The van der Waals surface area contributed by atoms with Gasteiger partial charge in [-0.15, -0.1) is 0 Å². The third-order valence-electron chi connectivity index (χ3n) is 3.97. The minimum absolute atomic E-state index is 0.291. The van der Waals surface area contributed by atoms with Gasteiger partial charge in [-0.2, -0.15) is 0 Å². The summed E-state index contributed by atoms with van der Waals surface area (Å²) in [6, 6.07) is 0. The number of aliphatic carboxylic acids is 1. The first-order chi connectivity index (χ1) is 7.63. The van der Waals surface area contributed by atoms with Crippen molar-refractivity contribution in [2.75, 3.05) is 13.2 Å². The zero-order chi connectivity index (χ0) is 11.6. The van der Waals surface area contributed by atoms with Crippen molar-refractivity contribution in [3.63, 3.8) is 0 Å². The van der Waals surface area contributed by atoms with Crippen LogP contribution >= 0.6 is 0 Å². The van der Waals surface area contributed by atoms with Crippen molar-refractivity contribution in [1.82, 2.24) is 0 Å². The summed E-state index contributed by atoms with van der Waals surface area (Å²) in [5.41, 5.74) is -0.831. The number of carboxylic acid groups (broad SMARTS) is 1. The van der Waals surface area contributed by atoms with Crippen LogP contribution in [0.3, 0.4) is 0 Å². The van der Waals surface area contributed by atoms with Crippen LogP contribution in [-0.2, 0) is 14.3 Å². The van der Waals surface area contributed by atoms with Crippen LogP contribution in [0.4, 0.5) is 0 Å². The van der Waals surface area contributed by atoms with Crippen LogP contribution in [0.2, 0.25) is 0 Å². The van der Waals surface area contributed by atoms with E-state index in [1.54, 1.807) is 0 Å². The zero-order valence-corrected chi connectivity index (χ0v) is 9.83. The second-order valence-corrected chi connectivity index (χ2v) is 4.99. The molecule has 0 bridgehead atoms. The summed E-state index contributed by atoms with van der Waals surface area (Å²) in [6.45, 7) is 2.46. The zero-order valence-electron chi connectivity index (χ0n) is 9.83. The van der Waals surface area contributed by atoms with E-state index in [1.807, 2.05) is 6.92 Å². The maximum Gasteiger partial charge on any atom is 0.314 e. The van der Waals surface area contributed by atoms with Crippen molar-refractivity contribution in [2.45, 2.75) is 51.2 Å². The van der Waals surface area contributed by atoms with Gasteiger partial charge in [-0.05, 0) is 19.3 Å². The lowest BCUT2D eigenvalue weighted by Crippen LogP contribution is -2.53. The number of carboxylic acids is 1. The van der Waals surface area contributed by atoms with Gasteiger partial charge in [0.15, 0.2) is 5.79 Å². The van der Waals surface area contributed by atoms with Crippen molar-refractivity contribution in [3.8, 4) is 0 Å². The molecule has 1 aliphatic carbocycles. The number of ether oxygens (including phenoxy) is 2. The van der Waals surface area contributed by atoms with Crippen LogP contribution in [-0.4, -0.2) is 30.1 Å². The molecule has 4 heteroatoms. The summed E-state index contributed by atoms with van der Waals surface area (Å²) in [5.74, 6) is -1.27. The quantitative estimate of drug-likeness (QED) is 0.787. The average molecular weight is 228 g/mol. The molecule has 1 N–H and O–H groups in total. The maximum atomic E-state index is 11.2. The summed E-state index contributed by atoms with van der Waals surface area (Å²) in [5, 5.41) is 9.22.